The minimum absolute atomic E-state index is 0.533. The van der Waals surface area contributed by atoms with E-state index in [0.717, 1.165) is 27.5 Å². The first-order valence-corrected chi connectivity index (χ1v) is 7.61. The number of benzene rings is 1. The van der Waals surface area contributed by atoms with Crippen LogP contribution in [-0.2, 0) is 6.42 Å². The van der Waals surface area contributed by atoms with Crippen LogP contribution in [-0.4, -0.2) is 15.0 Å². The number of anilines is 1. The fourth-order valence-electron chi connectivity index (χ4n) is 2.19. The van der Waals surface area contributed by atoms with Crippen LogP contribution in [0.3, 0.4) is 0 Å². The fourth-order valence-corrected chi connectivity index (χ4v) is 2.80. The zero-order chi connectivity index (χ0) is 14.8. The molecule has 2 aromatic heterocycles. The summed E-state index contributed by atoms with van der Waals surface area (Å²) in [5.41, 5.74) is 9.90. The highest BCUT2D eigenvalue weighted by Crippen LogP contribution is 2.24. The van der Waals surface area contributed by atoms with Crippen LogP contribution < -0.4 is 5.73 Å². The molecule has 2 N–H and O–H groups in total. The van der Waals surface area contributed by atoms with Gasteiger partial charge < -0.3 is 5.73 Å². The van der Waals surface area contributed by atoms with E-state index >= 15 is 0 Å². The van der Waals surface area contributed by atoms with E-state index in [1.807, 2.05) is 49.6 Å². The third kappa shape index (κ3) is 2.92. The maximum atomic E-state index is 6.05. The lowest BCUT2D eigenvalue weighted by atomic mass is 10.1. The van der Waals surface area contributed by atoms with Crippen molar-refractivity contribution in [2.75, 3.05) is 5.73 Å². The molecule has 0 unspecified atom stereocenters. The second kappa shape index (κ2) is 5.61. The van der Waals surface area contributed by atoms with Gasteiger partial charge in [0.1, 0.15) is 11.6 Å². The number of aryl methyl sites for hydroxylation is 1. The molecule has 0 aliphatic heterocycles. The molecule has 0 amide bonds. The summed E-state index contributed by atoms with van der Waals surface area (Å²) < 4.78 is 0. The van der Waals surface area contributed by atoms with Crippen LogP contribution >= 0.6 is 11.3 Å². The Hall–Kier alpha value is -2.27. The number of nitrogens with zero attached hydrogens (tertiary/aromatic N) is 3. The highest BCUT2D eigenvalue weighted by atomic mass is 32.1. The Bertz CT molecular complexity index is 765. The van der Waals surface area contributed by atoms with Crippen molar-refractivity contribution in [2.45, 2.75) is 20.3 Å². The largest absolute Gasteiger partial charge is 0.383 e. The number of hydrogen-bond acceptors (Lipinski definition) is 5. The van der Waals surface area contributed by atoms with Crippen molar-refractivity contribution >= 4 is 17.2 Å². The first kappa shape index (κ1) is 13.7. The van der Waals surface area contributed by atoms with Crippen molar-refractivity contribution in [1.29, 1.82) is 0 Å². The molecule has 0 fully saturated rings. The minimum atomic E-state index is 0.533. The van der Waals surface area contributed by atoms with E-state index in [4.69, 9.17) is 5.73 Å². The van der Waals surface area contributed by atoms with Crippen molar-refractivity contribution in [3.8, 4) is 11.3 Å². The summed E-state index contributed by atoms with van der Waals surface area (Å²) >= 11 is 1.63. The van der Waals surface area contributed by atoms with Crippen LogP contribution in [0, 0.1) is 13.8 Å². The predicted octanol–water partition coefficient (Wildman–Crippen LogP) is 3.39. The van der Waals surface area contributed by atoms with E-state index < -0.39 is 0 Å². The summed E-state index contributed by atoms with van der Waals surface area (Å²) in [5.74, 6) is 1.24. The Labute approximate surface area is 127 Å². The Balaban J connectivity index is 2.01. The van der Waals surface area contributed by atoms with Gasteiger partial charge in [-0.25, -0.2) is 15.0 Å². The molecule has 0 aliphatic rings. The second-order valence-electron chi connectivity index (χ2n) is 4.90. The van der Waals surface area contributed by atoms with E-state index in [0.29, 0.717) is 18.1 Å². The van der Waals surface area contributed by atoms with Crippen LogP contribution in [0.15, 0.2) is 35.7 Å². The Morgan fingerprint density at radius 3 is 2.48 bits per heavy atom. The highest BCUT2D eigenvalue weighted by molar-refractivity contribution is 7.09. The Morgan fingerprint density at radius 1 is 1.05 bits per heavy atom. The average molecular weight is 296 g/mol. The molecule has 5 heteroatoms. The fraction of sp³-hybridized carbons (Fsp3) is 0.188. The van der Waals surface area contributed by atoms with Crippen molar-refractivity contribution in [3.05, 3.63) is 57.8 Å². The maximum absolute atomic E-state index is 6.05. The first-order chi connectivity index (χ1) is 10.1. The molecule has 0 aliphatic carbocycles. The van der Waals surface area contributed by atoms with Gasteiger partial charge in [-0.3, -0.25) is 0 Å². The molecular formula is C16H16N4S. The Morgan fingerprint density at radius 2 is 1.81 bits per heavy atom. The molecule has 3 aromatic rings. The molecule has 2 heterocycles. The molecular weight excluding hydrogens is 280 g/mol. The summed E-state index contributed by atoms with van der Waals surface area (Å²) in [7, 11) is 0. The van der Waals surface area contributed by atoms with Crippen molar-refractivity contribution < 1.29 is 0 Å². The average Bonchev–Trinajstić information content (AvgIpc) is 2.89. The molecule has 1 aromatic carbocycles. The zero-order valence-electron chi connectivity index (χ0n) is 12.0. The van der Waals surface area contributed by atoms with Crippen molar-refractivity contribution in [2.24, 2.45) is 0 Å². The quantitative estimate of drug-likeness (QED) is 0.804. The number of hydrogen-bond donors (Lipinski definition) is 1. The second-order valence-corrected chi connectivity index (χ2v) is 5.96. The van der Waals surface area contributed by atoms with Gasteiger partial charge in [0, 0.05) is 16.5 Å². The molecule has 0 radical (unpaired) electrons. The van der Waals surface area contributed by atoms with Gasteiger partial charge in [-0.05, 0) is 13.8 Å². The number of aromatic nitrogens is 3. The number of thiazole rings is 1. The van der Waals surface area contributed by atoms with Crippen molar-refractivity contribution in [1.82, 2.24) is 15.0 Å². The third-order valence-corrected chi connectivity index (χ3v) is 4.11. The normalized spacial score (nSPS) is 10.8. The van der Waals surface area contributed by atoms with E-state index in [1.54, 1.807) is 11.3 Å². The lowest BCUT2D eigenvalue weighted by Gasteiger charge is -2.09. The van der Waals surface area contributed by atoms with Gasteiger partial charge in [-0.1, -0.05) is 30.3 Å². The first-order valence-electron chi connectivity index (χ1n) is 6.73. The molecule has 3 rings (SSSR count). The number of nitrogens with two attached hydrogens (primary N) is 1. The molecule has 0 atom stereocenters. The monoisotopic (exact) mass is 296 g/mol. The molecule has 0 bridgehead atoms. The number of nitrogen functional groups attached to an aromatic ring is 1. The molecule has 0 spiro atoms. The molecule has 21 heavy (non-hydrogen) atoms. The van der Waals surface area contributed by atoms with Gasteiger partial charge >= 0.3 is 0 Å². The van der Waals surface area contributed by atoms with Gasteiger partial charge in [0.15, 0.2) is 0 Å². The van der Waals surface area contributed by atoms with Gasteiger partial charge in [0.25, 0.3) is 0 Å². The molecule has 106 valence electrons. The van der Waals surface area contributed by atoms with Crippen LogP contribution in [0.5, 0.6) is 0 Å². The van der Waals surface area contributed by atoms with Crippen LogP contribution in [0.25, 0.3) is 11.3 Å². The summed E-state index contributed by atoms with van der Waals surface area (Å²) in [5, 5.41) is 3.09. The van der Waals surface area contributed by atoms with Crippen LogP contribution in [0.1, 0.15) is 22.1 Å². The zero-order valence-corrected chi connectivity index (χ0v) is 12.8. The predicted molar refractivity (Wildman–Crippen MR) is 86.3 cm³/mol. The smallest absolute Gasteiger partial charge is 0.137 e. The van der Waals surface area contributed by atoms with Gasteiger partial charge in [-0.15, -0.1) is 11.3 Å². The van der Waals surface area contributed by atoms with E-state index in [-0.39, 0.29) is 0 Å². The van der Waals surface area contributed by atoms with Gasteiger partial charge in [0.05, 0.1) is 22.8 Å². The molecule has 0 saturated heterocycles. The number of rotatable bonds is 3. The molecule has 4 nitrogen and oxygen atoms in total. The SMILES string of the molecule is Cc1nc(Cc2nc(N)c(C)c(-c3ccccc3)n2)cs1. The third-order valence-electron chi connectivity index (χ3n) is 3.28. The summed E-state index contributed by atoms with van der Waals surface area (Å²) in [6, 6.07) is 10.0. The van der Waals surface area contributed by atoms with Gasteiger partial charge in [0.2, 0.25) is 0 Å². The standard InChI is InChI=1S/C16H16N4S/c1-10-15(12-6-4-3-5-7-12)19-14(20-16(10)17)8-13-9-21-11(2)18-13/h3-7,9H,8H2,1-2H3,(H2,17,19,20). The lowest BCUT2D eigenvalue weighted by molar-refractivity contribution is 0.940. The van der Waals surface area contributed by atoms with E-state index in [2.05, 4.69) is 15.0 Å². The van der Waals surface area contributed by atoms with Crippen LogP contribution in [0.2, 0.25) is 0 Å². The highest BCUT2D eigenvalue weighted by Gasteiger charge is 2.12. The van der Waals surface area contributed by atoms with E-state index in [9.17, 15) is 0 Å². The topological polar surface area (TPSA) is 64.7 Å². The summed E-state index contributed by atoms with van der Waals surface area (Å²) in [6.45, 7) is 3.95. The summed E-state index contributed by atoms with van der Waals surface area (Å²) in [6.07, 6.45) is 0.606. The van der Waals surface area contributed by atoms with Crippen molar-refractivity contribution in [3.63, 3.8) is 0 Å². The summed E-state index contributed by atoms with van der Waals surface area (Å²) in [4.78, 5) is 13.5. The molecule has 0 saturated carbocycles. The van der Waals surface area contributed by atoms with Gasteiger partial charge in [-0.2, -0.15) is 0 Å². The Kier molecular flexibility index (Phi) is 3.66. The van der Waals surface area contributed by atoms with Crippen LogP contribution in [0.4, 0.5) is 5.82 Å². The maximum Gasteiger partial charge on any atom is 0.137 e. The lowest BCUT2D eigenvalue weighted by Crippen LogP contribution is -2.05. The minimum Gasteiger partial charge on any atom is -0.383 e. The van der Waals surface area contributed by atoms with E-state index in [1.165, 1.54) is 0 Å².